The molecule has 0 amide bonds. The molecule has 0 bridgehead atoms. The molecule has 6 N–H and O–H groups in total. The Labute approximate surface area is 152 Å². The van der Waals surface area contributed by atoms with E-state index in [1.807, 2.05) is 0 Å². The van der Waals surface area contributed by atoms with Crippen LogP contribution in [-0.4, -0.2) is 73.6 Å². The topological polar surface area (TPSA) is 75.4 Å². The second kappa shape index (κ2) is 9.90. The minimum Gasteiger partial charge on any atom is -0.324 e. The maximum Gasteiger partial charge on any atom is 0.298 e. The van der Waals surface area contributed by atoms with Gasteiger partial charge in [-0.15, -0.1) is 0 Å². The molecule has 1 fully saturated rings. The van der Waals surface area contributed by atoms with Crippen LogP contribution in [-0.2, 0) is 0 Å². The van der Waals surface area contributed by atoms with Crippen LogP contribution in [0.1, 0.15) is 48.5 Å². The number of nitrogens with zero attached hydrogens (tertiary/aromatic N) is 1. The van der Waals surface area contributed by atoms with Crippen molar-refractivity contribution in [1.29, 1.82) is 0 Å². The summed E-state index contributed by atoms with van der Waals surface area (Å²) >= 11 is 0. The van der Waals surface area contributed by atoms with Crippen LogP contribution in [0, 0.1) is 0 Å². The summed E-state index contributed by atoms with van der Waals surface area (Å²) in [5.41, 5.74) is 0. The molecular weight excluding hydrogens is 350 g/mol. The van der Waals surface area contributed by atoms with E-state index in [9.17, 15) is 0 Å². The van der Waals surface area contributed by atoms with E-state index >= 15 is 0 Å². The van der Waals surface area contributed by atoms with Crippen LogP contribution in [0.5, 0.6) is 0 Å². The van der Waals surface area contributed by atoms with E-state index in [4.69, 9.17) is 0 Å². The van der Waals surface area contributed by atoms with Gasteiger partial charge in [0.15, 0.2) is 0 Å². The molecule has 144 valence electrons. The number of hydrogen-bond acceptors (Lipinski definition) is 7. The van der Waals surface area contributed by atoms with Crippen molar-refractivity contribution in [3.63, 3.8) is 0 Å². The maximum atomic E-state index is 4.04. The SMILES string of the molecule is CCN[Si]1(NCC)N(CC)[Si](NCC)(NCC)[Si]1(NCC)NCC. The van der Waals surface area contributed by atoms with Gasteiger partial charge in [0, 0.05) is 0 Å². The van der Waals surface area contributed by atoms with Gasteiger partial charge in [-0.3, -0.25) is 4.23 Å². The molecule has 1 heterocycles. The lowest BCUT2D eigenvalue weighted by molar-refractivity contribution is 0.530. The zero-order valence-electron chi connectivity index (χ0n) is 16.9. The van der Waals surface area contributed by atoms with Gasteiger partial charge in [0.1, 0.15) is 0 Å². The summed E-state index contributed by atoms with van der Waals surface area (Å²) in [5.74, 6) is 0. The highest BCUT2D eigenvalue weighted by Crippen LogP contribution is 2.35. The van der Waals surface area contributed by atoms with E-state index in [1.54, 1.807) is 0 Å². The van der Waals surface area contributed by atoms with E-state index in [1.165, 1.54) is 0 Å². The molecule has 0 spiro atoms. The molecule has 0 saturated carbocycles. The number of nitrogens with one attached hydrogen (secondary N) is 6. The van der Waals surface area contributed by atoms with Crippen LogP contribution < -0.4 is 29.9 Å². The van der Waals surface area contributed by atoms with Crippen LogP contribution in [0.25, 0.3) is 0 Å². The molecule has 7 nitrogen and oxygen atoms in total. The zero-order valence-corrected chi connectivity index (χ0v) is 19.9. The predicted octanol–water partition coefficient (Wildman–Crippen LogP) is -0.544. The summed E-state index contributed by atoms with van der Waals surface area (Å²) in [7, 11) is -6.05. The molecule has 10 heteroatoms. The van der Waals surface area contributed by atoms with Crippen molar-refractivity contribution in [2.75, 3.05) is 45.8 Å². The normalized spacial score (nSPS) is 21.6. The van der Waals surface area contributed by atoms with E-state index in [2.05, 4.69) is 82.6 Å². The van der Waals surface area contributed by atoms with Crippen molar-refractivity contribution < 1.29 is 0 Å². The molecule has 1 rings (SSSR count). The van der Waals surface area contributed by atoms with Gasteiger partial charge < -0.3 is 29.9 Å². The Morgan fingerprint density at radius 1 is 0.500 bits per heavy atom. The fourth-order valence-electron chi connectivity index (χ4n) is 4.50. The lowest BCUT2D eigenvalue weighted by Gasteiger charge is -2.72. The highest BCUT2D eigenvalue weighted by Gasteiger charge is 2.85. The van der Waals surface area contributed by atoms with Crippen molar-refractivity contribution >= 4 is 23.6 Å². The Balaban J connectivity index is 3.53. The van der Waals surface area contributed by atoms with Crippen molar-refractivity contribution in [2.45, 2.75) is 48.5 Å². The summed E-state index contributed by atoms with van der Waals surface area (Å²) in [6.45, 7) is 22.8. The molecule has 0 aromatic carbocycles. The van der Waals surface area contributed by atoms with Crippen LogP contribution in [0.2, 0.25) is 0 Å². The molecule has 1 saturated heterocycles. The van der Waals surface area contributed by atoms with E-state index < -0.39 is 23.6 Å². The second-order valence-electron chi connectivity index (χ2n) is 6.10. The zero-order chi connectivity index (χ0) is 18.3. The average molecular weight is 392 g/mol. The van der Waals surface area contributed by atoms with E-state index in [0.29, 0.717) is 0 Å². The molecule has 0 radical (unpaired) electrons. The molecule has 0 aliphatic carbocycles. The van der Waals surface area contributed by atoms with E-state index in [0.717, 1.165) is 45.8 Å². The van der Waals surface area contributed by atoms with Crippen molar-refractivity contribution in [3.05, 3.63) is 0 Å². The first-order chi connectivity index (χ1) is 11.6. The van der Waals surface area contributed by atoms with Gasteiger partial charge in [-0.2, -0.15) is 0 Å². The highest BCUT2D eigenvalue weighted by molar-refractivity contribution is 7.73. The summed E-state index contributed by atoms with van der Waals surface area (Å²) in [6, 6.07) is 0. The second-order valence-corrected chi connectivity index (χ2v) is 24.4. The fourth-order valence-corrected chi connectivity index (χ4v) is 45.0. The summed E-state index contributed by atoms with van der Waals surface area (Å²) in [6.07, 6.45) is 0. The summed E-state index contributed by atoms with van der Waals surface area (Å²) < 4.78 is 2.80. The standard InChI is InChI=1S/C14H41N7Si3/c1-8-15-22(16-9-2)21(14-7)23(17-10-3,18-11-4)24(22,19-12-5)20-13-6/h15-20H,8-14H2,1-7H3. The van der Waals surface area contributed by atoms with Gasteiger partial charge in [-0.25, -0.2) is 0 Å². The molecule has 1 aliphatic rings. The first-order valence-electron chi connectivity index (χ1n) is 9.83. The van der Waals surface area contributed by atoms with Gasteiger partial charge in [-0.1, -0.05) is 48.5 Å². The van der Waals surface area contributed by atoms with E-state index in [-0.39, 0.29) is 0 Å². The Kier molecular flexibility index (Phi) is 9.25. The lowest BCUT2D eigenvalue weighted by Crippen LogP contribution is -3.19. The first-order valence-corrected chi connectivity index (χ1v) is 17.7. The van der Waals surface area contributed by atoms with Crippen LogP contribution >= 0.6 is 0 Å². The maximum absolute atomic E-state index is 4.04. The molecule has 0 aromatic rings. The van der Waals surface area contributed by atoms with Crippen molar-refractivity contribution in [2.24, 2.45) is 0 Å². The quantitative estimate of drug-likeness (QED) is 0.235. The predicted molar refractivity (Wildman–Crippen MR) is 112 cm³/mol. The smallest absolute Gasteiger partial charge is 0.298 e. The Hall–Kier alpha value is 0.371. The van der Waals surface area contributed by atoms with Gasteiger partial charge in [0.2, 0.25) is 0 Å². The Morgan fingerprint density at radius 2 is 0.792 bits per heavy atom. The van der Waals surface area contributed by atoms with Gasteiger partial charge in [-0.05, 0) is 45.8 Å². The third-order valence-corrected chi connectivity index (χ3v) is 36.7. The van der Waals surface area contributed by atoms with Crippen LogP contribution in [0.4, 0.5) is 0 Å². The summed E-state index contributed by atoms with van der Waals surface area (Å²) in [5, 5.41) is 0. The van der Waals surface area contributed by atoms with Crippen LogP contribution in [0.15, 0.2) is 0 Å². The van der Waals surface area contributed by atoms with Gasteiger partial charge in [0.05, 0.1) is 0 Å². The molecular formula is C14H41N7Si3. The first kappa shape index (κ1) is 22.4. The largest absolute Gasteiger partial charge is 0.324 e. The molecule has 0 aromatic heterocycles. The molecule has 0 atom stereocenters. The third-order valence-electron chi connectivity index (χ3n) is 4.83. The molecule has 24 heavy (non-hydrogen) atoms. The third kappa shape index (κ3) is 3.22. The van der Waals surface area contributed by atoms with Crippen molar-refractivity contribution in [1.82, 2.24) is 34.1 Å². The van der Waals surface area contributed by atoms with Gasteiger partial charge in [0.25, 0.3) is 23.6 Å². The average Bonchev–Trinajstić information content (AvgIpc) is 2.55. The lowest BCUT2D eigenvalue weighted by atomic mass is 10.8. The molecule has 1 aliphatic heterocycles. The summed E-state index contributed by atoms with van der Waals surface area (Å²) in [4.78, 5) is 24.0. The number of rotatable bonds is 13. The Morgan fingerprint density at radius 3 is 1.00 bits per heavy atom. The Bertz CT molecular complexity index is 328. The highest BCUT2D eigenvalue weighted by atomic mass is 29.7. The van der Waals surface area contributed by atoms with Gasteiger partial charge >= 0.3 is 0 Å². The molecule has 0 unspecified atom stereocenters. The minimum absolute atomic E-state index is 1.00. The monoisotopic (exact) mass is 391 g/mol. The van der Waals surface area contributed by atoms with Crippen LogP contribution in [0.3, 0.4) is 0 Å². The van der Waals surface area contributed by atoms with Crippen molar-refractivity contribution in [3.8, 4) is 0 Å². The fraction of sp³-hybridized carbons (Fsp3) is 1.00. The minimum atomic E-state index is -2.02. The number of hydrogen-bond donors (Lipinski definition) is 6.